The molecule has 0 amide bonds. The van der Waals surface area contributed by atoms with Gasteiger partial charge in [-0.05, 0) is 56.8 Å². The molecule has 1 fully saturated rings. The number of carbonyl (C=O) groups is 1. The van der Waals surface area contributed by atoms with E-state index in [1.54, 1.807) is 0 Å². The van der Waals surface area contributed by atoms with Gasteiger partial charge in [-0.15, -0.1) is 0 Å². The molecule has 0 unspecified atom stereocenters. The van der Waals surface area contributed by atoms with Crippen LogP contribution in [0.15, 0.2) is 24.3 Å². The summed E-state index contributed by atoms with van der Waals surface area (Å²) in [5.74, 6) is 0.402. The third-order valence-corrected chi connectivity index (χ3v) is 5.01. The highest BCUT2D eigenvalue weighted by atomic mass is 16.1. The Bertz CT molecular complexity index is 456. The van der Waals surface area contributed by atoms with Gasteiger partial charge in [-0.2, -0.15) is 0 Å². The number of rotatable bonds is 6. The van der Waals surface area contributed by atoms with Crippen LogP contribution in [-0.4, -0.2) is 29.3 Å². The van der Waals surface area contributed by atoms with E-state index >= 15 is 0 Å². The smallest absolute Gasteiger partial charge is 0.157 e. The average Bonchev–Trinajstić information content (AvgIpc) is 2.98. The molecular formula is C18H27NO. The van der Waals surface area contributed by atoms with E-state index in [4.69, 9.17) is 0 Å². The lowest BCUT2D eigenvalue weighted by molar-refractivity contribution is -0.130. The van der Waals surface area contributed by atoms with Crippen molar-refractivity contribution in [3.05, 3.63) is 35.4 Å². The Morgan fingerprint density at radius 1 is 1.15 bits per heavy atom. The van der Waals surface area contributed by atoms with E-state index in [2.05, 4.69) is 37.8 Å². The van der Waals surface area contributed by atoms with Crippen molar-refractivity contribution in [1.29, 1.82) is 0 Å². The molecule has 0 aromatic heterocycles. The molecule has 0 N–H and O–H groups in total. The van der Waals surface area contributed by atoms with Crippen LogP contribution in [0.1, 0.15) is 50.7 Å². The summed E-state index contributed by atoms with van der Waals surface area (Å²) in [6.07, 6.45) is 4.89. The number of aryl methyl sites for hydroxylation is 1. The number of carbonyl (C=O) groups excluding carboxylic acids is 1. The average molecular weight is 273 g/mol. The molecule has 0 atom stereocenters. The molecule has 2 rings (SSSR count). The van der Waals surface area contributed by atoms with Crippen LogP contribution in [0.3, 0.4) is 0 Å². The molecule has 1 aromatic rings. The van der Waals surface area contributed by atoms with Gasteiger partial charge in [0.05, 0.1) is 5.54 Å². The van der Waals surface area contributed by atoms with E-state index in [0.29, 0.717) is 12.2 Å². The lowest BCUT2D eigenvalue weighted by Crippen LogP contribution is -2.53. The van der Waals surface area contributed by atoms with Gasteiger partial charge < -0.3 is 0 Å². The number of ketones is 1. The molecule has 2 heteroatoms. The summed E-state index contributed by atoms with van der Waals surface area (Å²) < 4.78 is 0. The van der Waals surface area contributed by atoms with Gasteiger partial charge in [0.1, 0.15) is 0 Å². The summed E-state index contributed by atoms with van der Waals surface area (Å²) >= 11 is 0. The van der Waals surface area contributed by atoms with E-state index in [1.807, 2.05) is 12.1 Å². The first-order valence-electron chi connectivity index (χ1n) is 7.97. The summed E-state index contributed by atoms with van der Waals surface area (Å²) in [7, 11) is 0. The highest BCUT2D eigenvalue weighted by Crippen LogP contribution is 2.30. The van der Waals surface area contributed by atoms with Crippen LogP contribution >= 0.6 is 0 Å². The molecule has 1 aromatic carbocycles. The van der Waals surface area contributed by atoms with E-state index in [0.717, 1.165) is 25.9 Å². The minimum Gasteiger partial charge on any atom is -0.297 e. The predicted octanol–water partition coefficient (Wildman–Crippen LogP) is 3.76. The molecule has 1 heterocycles. The zero-order valence-corrected chi connectivity index (χ0v) is 13.1. The third-order valence-electron chi connectivity index (χ3n) is 5.01. The van der Waals surface area contributed by atoms with Crippen LogP contribution in [0.2, 0.25) is 0 Å². The largest absolute Gasteiger partial charge is 0.297 e. The zero-order chi connectivity index (χ0) is 14.6. The first kappa shape index (κ1) is 15.2. The first-order valence-corrected chi connectivity index (χ1v) is 7.97. The molecule has 110 valence electrons. The van der Waals surface area contributed by atoms with Crippen LogP contribution in [0.25, 0.3) is 0 Å². The maximum Gasteiger partial charge on any atom is 0.157 e. The Morgan fingerprint density at radius 2 is 1.75 bits per heavy atom. The predicted molar refractivity (Wildman–Crippen MR) is 84.0 cm³/mol. The monoisotopic (exact) mass is 273 g/mol. The fourth-order valence-electron chi connectivity index (χ4n) is 3.56. The van der Waals surface area contributed by atoms with Crippen LogP contribution in [0.4, 0.5) is 0 Å². The minimum absolute atomic E-state index is 0.237. The summed E-state index contributed by atoms with van der Waals surface area (Å²) in [5, 5.41) is 0. The molecule has 2 nitrogen and oxygen atoms in total. The molecular weight excluding hydrogens is 246 g/mol. The minimum atomic E-state index is -0.237. The van der Waals surface area contributed by atoms with Crippen LogP contribution in [0, 0.1) is 6.92 Å². The summed E-state index contributed by atoms with van der Waals surface area (Å²) in [6.45, 7) is 8.59. The highest BCUT2D eigenvalue weighted by molar-refractivity contribution is 5.90. The van der Waals surface area contributed by atoms with Gasteiger partial charge in [-0.3, -0.25) is 9.69 Å². The molecule has 1 aliphatic rings. The second kappa shape index (κ2) is 6.53. The van der Waals surface area contributed by atoms with Gasteiger partial charge in [0.2, 0.25) is 0 Å². The summed E-state index contributed by atoms with van der Waals surface area (Å²) in [4.78, 5) is 15.4. The van der Waals surface area contributed by atoms with Gasteiger partial charge >= 0.3 is 0 Å². The Balaban J connectivity index is 2.21. The Kier molecular flexibility index (Phi) is 4.98. The van der Waals surface area contributed by atoms with E-state index < -0.39 is 0 Å². The lowest BCUT2D eigenvalue weighted by atomic mass is 9.82. The van der Waals surface area contributed by atoms with Crippen molar-refractivity contribution < 1.29 is 4.79 Å². The first-order chi connectivity index (χ1) is 9.64. The van der Waals surface area contributed by atoms with Gasteiger partial charge in [-0.25, -0.2) is 0 Å². The second-order valence-electron chi connectivity index (χ2n) is 5.96. The van der Waals surface area contributed by atoms with E-state index in [9.17, 15) is 4.79 Å². The Hall–Kier alpha value is -1.15. The molecule has 0 saturated carbocycles. The standard InChI is InChI=1S/C18H27NO/c1-4-18(5-2,19-12-8-9-13-19)17(20)14-16-11-7-6-10-15(16)3/h6-7,10-11H,4-5,8-9,12-14H2,1-3H3. The molecule has 1 saturated heterocycles. The van der Waals surface area contributed by atoms with Gasteiger partial charge in [-0.1, -0.05) is 38.1 Å². The number of benzene rings is 1. The Morgan fingerprint density at radius 3 is 2.30 bits per heavy atom. The van der Waals surface area contributed by atoms with Crippen molar-refractivity contribution in [1.82, 2.24) is 4.90 Å². The van der Waals surface area contributed by atoms with Crippen molar-refractivity contribution in [2.45, 2.75) is 58.4 Å². The molecule has 0 bridgehead atoms. The zero-order valence-electron chi connectivity index (χ0n) is 13.1. The molecule has 0 aliphatic carbocycles. The topological polar surface area (TPSA) is 20.3 Å². The van der Waals surface area contributed by atoms with Gasteiger partial charge in [0.25, 0.3) is 0 Å². The number of nitrogens with zero attached hydrogens (tertiary/aromatic N) is 1. The molecule has 0 radical (unpaired) electrons. The summed E-state index contributed by atoms with van der Waals surface area (Å²) in [5.41, 5.74) is 2.17. The number of Topliss-reactive ketones (excluding diaryl/α,β-unsaturated/α-hetero) is 1. The number of hydrogen-bond acceptors (Lipinski definition) is 2. The molecule has 0 spiro atoms. The SMILES string of the molecule is CCC(CC)(C(=O)Cc1ccccc1C)N1CCCC1. The fraction of sp³-hybridized carbons (Fsp3) is 0.611. The van der Waals surface area contributed by atoms with E-state index in [-0.39, 0.29) is 5.54 Å². The lowest BCUT2D eigenvalue weighted by Gasteiger charge is -2.39. The summed E-state index contributed by atoms with van der Waals surface area (Å²) in [6, 6.07) is 8.26. The fourth-order valence-corrected chi connectivity index (χ4v) is 3.56. The molecule has 20 heavy (non-hydrogen) atoms. The number of likely N-dealkylation sites (tertiary alicyclic amines) is 1. The van der Waals surface area contributed by atoms with Crippen LogP contribution < -0.4 is 0 Å². The van der Waals surface area contributed by atoms with Crippen molar-refractivity contribution in [2.75, 3.05) is 13.1 Å². The maximum atomic E-state index is 13.0. The van der Waals surface area contributed by atoms with Crippen LogP contribution in [-0.2, 0) is 11.2 Å². The molecule has 1 aliphatic heterocycles. The van der Waals surface area contributed by atoms with Crippen molar-refractivity contribution >= 4 is 5.78 Å². The van der Waals surface area contributed by atoms with Gasteiger partial charge in [0, 0.05) is 6.42 Å². The highest BCUT2D eigenvalue weighted by Gasteiger charge is 2.41. The van der Waals surface area contributed by atoms with Crippen molar-refractivity contribution in [2.24, 2.45) is 0 Å². The van der Waals surface area contributed by atoms with Crippen LogP contribution in [0.5, 0.6) is 0 Å². The maximum absolute atomic E-state index is 13.0. The van der Waals surface area contributed by atoms with E-state index in [1.165, 1.54) is 24.0 Å². The normalized spacial score (nSPS) is 16.6. The number of hydrogen-bond donors (Lipinski definition) is 0. The second-order valence-corrected chi connectivity index (χ2v) is 5.96. The quantitative estimate of drug-likeness (QED) is 0.786. The third kappa shape index (κ3) is 2.80. The van der Waals surface area contributed by atoms with Crippen molar-refractivity contribution in [3.8, 4) is 0 Å². The van der Waals surface area contributed by atoms with Crippen molar-refractivity contribution in [3.63, 3.8) is 0 Å². The Labute approximate surface area is 123 Å². The van der Waals surface area contributed by atoms with Gasteiger partial charge in [0.15, 0.2) is 5.78 Å².